The van der Waals surface area contributed by atoms with E-state index in [1.54, 1.807) is 19.1 Å². The average Bonchev–Trinajstić information content (AvgIpc) is 2.88. The van der Waals surface area contributed by atoms with Crippen molar-refractivity contribution in [2.24, 2.45) is 5.92 Å². The van der Waals surface area contributed by atoms with E-state index in [0.29, 0.717) is 15.1 Å². The number of thiophene rings is 1. The third kappa shape index (κ3) is 4.45. The first kappa shape index (κ1) is 16.3. The zero-order chi connectivity index (χ0) is 15.4. The highest BCUT2D eigenvalue weighted by Crippen LogP contribution is 2.24. The highest BCUT2D eigenvalue weighted by atomic mass is 35.5. The van der Waals surface area contributed by atoms with Crippen molar-refractivity contribution >= 4 is 34.8 Å². The Balaban J connectivity index is 1.86. The van der Waals surface area contributed by atoms with E-state index in [4.69, 9.17) is 16.3 Å². The molecule has 6 heteroatoms. The van der Waals surface area contributed by atoms with E-state index in [1.165, 1.54) is 6.42 Å². The fraction of sp³-hybridized carbons (Fsp3) is 0.600. The second kappa shape index (κ2) is 7.27. The van der Waals surface area contributed by atoms with E-state index in [9.17, 15) is 9.59 Å². The molecule has 21 heavy (non-hydrogen) atoms. The van der Waals surface area contributed by atoms with Crippen LogP contribution in [0.5, 0.6) is 0 Å². The molecule has 1 heterocycles. The van der Waals surface area contributed by atoms with Gasteiger partial charge in [-0.15, -0.1) is 11.3 Å². The predicted molar refractivity (Wildman–Crippen MR) is 83.8 cm³/mol. The highest BCUT2D eigenvalue weighted by Gasteiger charge is 2.26. The van der Waals surface area contributed by atoms with Crippen molar-refractivity contribution in [2.75, 3.05) is 0 Å². The number of ether oxygens (including phenoxy) is 1. The van der Waals surface area contributed by atoms with E-state index >= 15 is 0 Å². The quantitative estimate of drug-likeness (QED) is 0.858. The van der Waals surface area contributed by atoms with Gasteiger partial charge in [0.05, 0.1) is 4.34 Å². The molecule has 2 rings (SSSR count). The summed E-state index contributed by atoms with van der Waals surface area (Å²) in [4.78, 5) is 24.4. The van der Waals surface area contributed by atoms with Crippen LogP contribution >= 0.6 is 22.9 Å². The van der Waals surface area contributed by atoms with E-state index in [-0.39, 0.29) is 11.9 Å². The second-order valence-electron chi connectivity index (χ2n) is 5.53. The number of hydrogen-bond acceptors (Lipinski definition) is 4. The van der Waals surface area contributed by atoms with Crippen LogP contribution in [-0.4, -0.2) is 24.0 Å². The Hall–Kier alpha value is -1.07. The largest absolute Gasteiger partial charge is 0.448 e. The van der Waals surface area contributed by atoms with Gasteiger partial charge in [-0.05, 0) is 37.8 Å². The fourth-order valence-electron chi connectivity index (χ4n) is 2.53. The average molecular weight is 330 g/mol. The number of nitrogens with one attached hydrogen (secondary N) is 1. The molecule has 0 spiro atoms. The number of amides is 1. The first-order valence-electron chi connectivity index (χ1n) is 7.24. The number of rotatable bonds is 4. The van der Waals surface area contributed by atoms with Gasteiger partial charge in [0, 0.05) is 6.04 Å². The van der Waals surface area contributed by atoms with Crippen molar-refractivity contribution in [2.45, 2.75) is 51.7 Å². The molecule has 4 nitrogen and oxygen atoms in total. The minimum atomic E-state index is -0.799. The maximum atomic E-state index is 12.1. The lowest BCUT2D eigenvalue weighted by atomic mass is 9.86. The molecule has 1 fully saturated rings. The van der Waals surface area contributed by atoms with Gasteiger partial charge in [0.2, 0.25) is 0 Å². The minimum absolute atomic E-state index is 0.184. The molecule has 0 aliphatic heterocycles. The Kier molecular flexibility index (Phi) is 5.65. The summed E-state index contributed by atoms with van der Waals surface area (Å²) in [6.45, 7) is 3.74. The van der Waals surface area contributed by atoms with Crippen LogP contribution in [0, 0.1) is 5.92 Å². The Morgan fingerprint density at radius 2 is 2.10 bits per heavy atom. The summed E-state index contributed by atoms with van der Waals surface area (Å²) < 4.78 is 5.71. The summed E-state index contributed by atoms with van der Waals surface area (Å²) in [5.74, 6) is -0.266. The van der Waals surface area contributed by atoms with Gasteiger partial charge in [-0.1, -0.05) is 31.4 Å². The van der Waals surface area contributed by atoms with Crippen LogP contribution in [-0.2, 0) is 9.53 Å². The summed E-state index contributed by atoms with van der Waals surface area (Å²) in [5, 5.41) is 2.99. The number of esters is 1. The van der Waals surface area contributed by atoms with Crippen LogP contribution in [0.4, 0.5) is 0 Å². The van der Waals surface area contributed by atoms with E-state index in [0.717, 1.165) is 30.6 Å². The molecule has 1 aromatic heterocycles. The molecule has 116 valence electrons. The monoisotopic (exact) mass is 329 g/mol. The molecular weight excluding hydrogens is 310 g/mol. The maximum Gasteiger partial charge on any atom is 0.349 e. The lowest BCUT2D eigenvalue weighted by molar-refractivity contribution is -0.130. The Morgan fingerprint density at radius 1 is 1.38 bits per heavy atom. The number of carbonyl (C=O) groups is 2. The van der Waals surface area contributed by atoms with Crippen LogP contribution in [0.25, 0.3) is 0 Å². The Morgan fingerprint density at radius 3 is 2.71 bits per heavy atom. The van der Waals surface area contributed by atoms with Crippen LogP contribution < -0.4 is 5.32 Å². The molecule has 1 N–H and O–H groups in total. The third-order valence-electron chi connectivity index (χ3n) is 3.87. The normalized spacial score (nSPS) is 23.4. The second-order valence-corrected chi connectivity index (χ2v) is 7.24. The molecule has 1 amide bonds. The van der Waals surface area contributed by atoms with Gasteiger partial charge in [0.1, 0.15) is 4.88 Å². The molecule has 3 atom stereocenters. The molecule has 0 saturated heterocycles. The van der Waals surface area contributed by atoms with Crippen LogP contribution in [0.15, 0.2) is 12.1 Å². The molecule has 0 unspecified atom stereocenters. The van der Waals surface area contributed by atoms with Crippen molar-refractivity contribution in [1.29, 1.82) is 0 Å². The fourth-order valence-corrected chi connectivity index (χ4v) is 3.45. The molecule has 1 aliphatic rings. The van der Waals surface area contributed by atoms with Gasteiger partial charge >= 0.3 is 5.97 Å². The van der Waals surface area contributed by atoms with Crippen molar-refractivity contribution in [1.82, 2.24) is 5.32 Å². The molecule has 0 aromatic carbocycles. The summed E-state index contributed by atoms with van der Waals surface area (Å²) in [6, 6.07) is 3.42. The lowest BCUT2D eigenvalue weighted by Gasteiger charge is -2.30. The maximum absolute atomic E-state index is 12.1. The minimum Gasteiger partial charge on any atom is -0.448 e. The van der Waals surface area contributed by atoms with Crippen molar-refractivity contribution in [3.8, 4) is 0 Å². The van der Waals surface area contributed by atoms with Gasteiger partial charge < -0.3 is 10.1 Å². The van der Waals surface area contributed by atoms with Crippen LogP contribution in [0.3, 0.4) is 0 Å². The zero-order valence-corrected chi connectivity index (χ0v) is 13.8. The topological polar surface area (TPSA) is 55.4 Å². The smallest absolute Gasteiger partial charge is 0.349 e. The standard InChI is InChI=1S/C15H20ClNO3S/c1-9-5-3-4-6-11(9)17-14(18)10(2)20-15(19)12-7-8-13(16)21-12/h7-11H,3-6H2,1-2H3,(H,17,18)/t9-,10-,11+/m0/s1. The SMILES string of the molecule is C[C@H](OC(=O)c1ccc(Cl)s1)C(=O)N[C@@H]1CCCC[C@@H]1C. The molecular formula is C15H20ClNO3S. The van der Waals surface area contributed by atoms with Gasteiger partial charge in [0.25, 0.3) is 5.91 Å². The zero-order valence-electron chi connectivity index (χ0n) is 12.2. The highest BCUT2D eigenvalue weighted by molar-refractivity contribution is 7.17. The van der Waals surface area contributed by atoms with Crippen LogP contribution in [0.2, 0.25) is 4.34 Å². The third-order valence-corrected chi connectivity index (χ3v) is 5.08. The predicted octanol–water partition coefficient (Wildman–Crippen LogP) is 3.64. The van der Waals surface area contributed by atoms with Gasteiger partial charge in [-0.25, -0.2) is 4.79 Å². The van der Waals surface area contributed by atoms with E-state index < -0.39 is 12.1 Å². The van der Waals surface area contributed by atoms with Gasteiger partial charge in [0.15, 0.2) is 6.10 Å². The molecule has 1 aromatic rings. The Bertz CT molecular complexity index is 517. The van der Waals surface area contributed by atoms with E-state index in [1.807, 2.05) is 0 Å². The van der Waals surface area contributed by atoms with Crippen LogP contribution in [0.1, 0.15) is 49.2 Å². The number of carbonyl (C=O) groups excluding carboxylic acids is 2. The summed E-state index contributed by atoms with van der Waals surface area (Å²) in [7, 11) is 0. The Labute approximate surface area is 133 Å². The summed E-state index contributed by atoms with van der Waals surface area (Å²) >= 11 is 6.92. The van der Waals surface area contributed by atoms with Crippen molar-refractivity contribution in [3.63, 3.8) is 0 Å². The summed E-state index contributed by atoms with van der Waals surface area (Å²) in [6.07, 6.45) is 3.68. The van der Waals surface area contributed by atoms with Crippen molar-refractivity contribution in [3.05, 3.63) is 21.3 Å². The molecule has 0 radical (unpaired) electrons. The molecule has 1 saturated carbocycles. The van der Waals surface area contributed by atoms with Gasteiger partial charge in [-0.3, -0.25) is 4.79 Å². The first-order valence-corrected chi connectivity index (χ1v) is 8.43. The van der Waals surface area contributed by atoms with Gasteiger partial charge in [-0.2, -0.15) is 0 Å². The van der Waals surface area contributed by atoms with E-state index in [2.05, 4.69) is 12.2 Å². The molecule has 0 bridgehead atoms. The van der Waals surface area contributed by atoms with Crippen molar-refractivity contribution < 1.29 is 14.3 Å². The summed E-state index contributed by atoms with van der Waals surface area (Å²) in [5.41, 5.74) is 0. The molecule has 1 aliphatic carbocycles. The first-order chi connectivity index (χ1) is 9.97. The lowest BCUT2D eigenvalue weighted by Crippen LogP contribution is -2.45. The number of hydrogen-bond donors (Lipinski definition) is 1. The number of halogens is 1.